The van der Waals surface area contributed by atoms with Gasteiger partial charge in [0, 0.05) is 5.69 Å². The van der Waals surface area contributed by atoms with Gasteiger partial charge in [-0.2, -0.15) is 0 Å². The smallest absolute Gasteiger partial charge is 0.232 e. The van der Waals surface area contributed by atoms with Crippen molar-refractivity contribution in [3.05, 3.63) is 46.8 Å². The Hall–Kier alpha value is -1.95. The third kappa shape index (κ3) is 3.51. The Labute approximate surface area is 119 Å². The molecule has 1 heterocycles. The van der Waals surface area contributed by atoms with E-state index < -0.39 is 0 Å². The highest BCUT2D eigenvalue weighted by molar-refractivity contribution is 9.10. The molecule has 5 nitrogen and oxygen atoms in total. The summed E-state index contributed by atoms with van der Waals surface area (Å²) in [5.74, 6) is -0.0416. The predicted octanol–water partition coefficient (Wildman–Crippen LogP) is 2.56. The highest BCUT2D eigenvalue weighted by Gasteiger charge is 2.16. The molecule has 0 saturated carbocycles. The van der Waals surface area contributed by atoms with Gasteiger partial charge in [-0.25, -0.2) is 9.97 Å². The molecule has 1 amide bonds. The van der Waals surface area contributed by atoms with Gasteiger partial charge in [-0.3, -0.25) is 4.79 Å². The first-order valence-corrected chi connectivity index (χ1v) is 6.49. The van der Waals surface area contributed by atoms with Crippen molar-refractivity contribution >= 4 is 33.3 Å². The highest BCUT2D eigenvalue weighted by atomic mass is 79.9. The number of benzene rings is 1. The van der Waals surface area contributed by atoms with Gasteiger partial charge in [0.25, 0.3) is 0 Å². The van der Waals surface area contributed by atoms with Crippen molar-refractivity contribution in [2.45, 2.75) is 12.8 Å². The summed E-state index contributed by atoms with van der Waals surface area (Å²) < 4.78 is 0.620. The van der Waals surface area contributed by atoms with Gasteiger partial charge >= 0.3 is 0 Å². The number of aromatic nitrogens is 2. The van der Waals surface area contributed by atoms with Crippen molar-refractivity contribution in [3.63, 3.8) is 0 Å². The Morgan fingerprint density at radius 3 is 2.79 bits per heavy atom. The molecule has 2 aromatic rings. The number of amides is 1. The lowest BCUT2D eigenvalue weighted by Gasteiger charge is -2.12. The first-order valence-electron chi connectivity index (χ1n) is 5.70. The van der Waals surface area contributed by atoms with E-state index in [2.05, 4.69) is 31.2 Å². The molecule has 0 saturated heterocycles. The molecule has 2 rings (SSSR count). The van der Waals surface area contributed by atoms with Gasteiger partial charge in [0.05, 0.1) is 18.3 Å². The van der Waals surface area contributed by atoms with E-state index in [1.807, 2.05) is 19.1 Å². The van der Waals surface area contributed by atoms with Crippen molar-refractivity contribution in [1.82, 2.24) is 9.97 Å². The van der Waals surface area contributed by atoms with E-state index in [0.29, 0.717) is 16.1 Å². The topological polar surface area (TPSA) is 80.9 Å². The van der Waals surface area contributed by atoms with E-state index in [0.717, 1.165) is 5.56 Å². The minimum absolute atomic E-state index is 0.151. The van der Waals surface area contributed by atoms with E-state index in [9.17, 15) is 4.79 Å². The van der Waals surface area contributed by atoms with Gasteiger partial charge in [-0.05, 0) is 40.5 Å². The van der Waals surface area contributed by atoms with E-state index in [1.165, 1.54) is 12.4 Å². The van der Waals surface area contributed by atoms with Crippen LogP contribution in [0, 0.1) is 0 Å². The zero-order chi connectivity index (χ0) is 13.8. The number of carbonyl (C=O) groups is 1. The molecular weight excluding hydrogens is 308 g/mol. The van der Waals surface area contributed by atoms with Crippen LogP contribution in [0.2, 0.25) is 0 Å². The van der Waals surface area contributed by atoms with Crippen LogP contribution in [-0.4, -0.2) is 15.9 Å². The molecule has 0 bridgehead atoms. The summed E-state index contributed by atoms with van der Waals surface area (Å²) in [4.78, 5) is 20.1. The number of carbonyl (C=O) groups excluding carboxylic acids is 1. The van der Waals surface area contributed by atoms with E-state index in [-0.39, 0.29) is 11.8 Å². The molecule has 6 heteroatoms. The van der Waals surface area contributed by atoms with Crippen molar-refractivity contribution in [1.29, 1.82) is 0 Å². The number of hydrogen-bond acceptors (Lipinski definition) is 4. The Morgan fingerprint density at radius 2 is 2.16 bits per heavy atom. The number of rotatable bonds is 3. The van der Waals surface area contributed by atoms with Crippen LogP contribution in [-0.2, 0) is 4.79 Å². The molecule has 1 aromatic carbocycles. The fourth-order valence-electron chi connectivity index (χ4n) is 1.59. The van der Waals surface area contributed by atoms with Gasteiger partial charge in [0.2, 0.25) is 5.91 Å². The molecule has 0 radical (unpaired) electrons. The van der Waals surface area contributed by atoms with E-state index >= 15 is 0 Å². The number of hydrogen-bond donors (Lipinski definition) is 2. The lowest BCUT2D eigenvalue weighted by molar-refractivity contribution is -0.117. The van der Waals surface area contributed by atoms with Gasteiger partial charge in [0.1, 0.15) is 4.60 Å². The molecule has 0 aliphatic heterocycles. The quantitative estimate of drug-likeness (QED) is 0.852. The standard InChI is InChI=1S/C13H13BrN4O/c1-8(9-3-2-4-10(15)5-9)13(19)18-12-7-16-11(14)6-17-12/h2-8H,15H2,1H3,(H,17,18,19). The number of nitrogens with one attached hydrogen (secondary N) is 1. The molecule has 0 fully saturated rings. The van der Waals surface area contributed by atoms with Crippen LogP contribution in [0.4, 0.5) is 11.5 Å². The summed E-state index contributed by atoms with van der Waals surface area (Å²) in [7, 11) is 0. The number of nitrogens with zero attached hydrogens (tertiary/aromatic N) is 2. The summed E-state index contributed by atoms with van der Waals surface area (Å²) in [5.41, 5.74) is 7.21. The molecule has 98 valence electrons. The minimum Gasteiger partial charge on any atom is -0.399 e. The third-order valence-corrected chi connectivity index (χ3v) is 3.09. The maximum absolute atomic E-state index is 12.1. The average Bonchev–Trinajstić information content (AvgIpc) is 2.40. The first kappa shape index (κ1) is 13.5. The maximum atomic E-state index is 12.1. The summed E-state index contributed by atoms with van der Waals surface area (Å²) in [6.07, 6.45) is 3.02. The lowest BCUT2D eigenvalue weighted by atomic mass is 10.00. The zero-order valence-corrected chi connectivity index (χ0v) is 11.9. The van der Waals surface area contributed by atoms with Crippen LogP contribution in [0.3, 0.4) is 0 Å². The van der Waals surface area contributed by atoms with Gasteiger partial charge in [0.15, 0.2) is 5.82 Å². The Bertz CT molecular complexity index is 585. The fourth-order valence-corrected chi connectivity index (χ4v) is 1.80. The minimum atomic E-state index is -0.311. The van der Waals surface area contributed by atoms with Crippen LogP contribution < -0.4 is 11.1 Å². The summed E-state index contributed by atoms with van der Waals surface area (Å²) in [6.45, 7) is 1.82. The van der Waals surface area contributed by atoms with Crippen LogP contribution >= 0.6 is 15.9 Å². The van der Waals surface area contributed by atoms with E-state index in [4.69, 9.17) is 5.73 Å². The molecule has 0 aliphatic rings. The predicted molar refractivity (Wildman–Crippen MR) is 77.6 cm³/mol. The second kappa shape index (κ2) is 5.79. The summed E-state index contributed by atoms with van der Waals surface area (Å²) >= 11 is 3.19. The van der Waals surface area contributed by atoms with E-state index in [1.54, 1.807) is 12.1 Å². The lowest BCUT2D eigenvalue weighted by Crippen LogP contribution is -2.19. The van der Waals surface area contributed by atoms with Crippen molar-refractivity contribution < 1.29 is 4.79 Å². The molecule has 1 unspecified atom stereocenters. The van der Waals surface area contributed by atoms with Crippen LogP contribution in [0.1, 0.15) is 18.4 Å². The van der Waals surface area contributed by atoms with Gasteiger partial charge in [-0.15, -0.1) is 0 Å². The number of nitrogens with two attached hydrogens (primary N) is 1. The third-order valence-electron chi connectivity index (χ3n) is 2.68. The maximum Gasteiger partial charge on any atom is 0.232 e. The fraction of sp³-hybridized carbons (Fsp3) is 0.154. The molecular formula is C13H13BrN4O. The molecule has 0 aliphatic carbocycles. The van der Waals surface area contributed by atoms with Gasteiger partial charge < -0.3 is 11.1 Å². The molecule has 3 N–H and O–H groups in total. The van der Waals surface area contributed by atoms with Crippen molar-refractivity contribution in [2.24, 2.45) is 0 Å². The van der Waals surface area contributed by atoms with Gasteiger partial charge in [-0.1, -0.05) is 12.1 Å². The number of nitrogen functional groups attached to an aromatic ring is 1. The van der Waals surface area contributed by atoms with Crippen molar-refractivity contribution in [2.75, 3.05) is 11.1 Å². The van der Waals surface area contributed by atoms with Crippen LogP contribution in [0.5, 0.6) is 0 Å². The molecule has 1 atom stereocenters. The molecule has 0 spiro atoms. The Morgan fingerprint density at radius 1 is 1.37 bits per heavy atom. The van der Waals surface area contributed by atoms with Crippen molar-refractivity contribution in [3.8, 4) is 0 Å². The highest BCUT2D eigenvalue weighted by Crippen LogP contribution is 2.19. The molecule has 1 aromatic heterocycles. The second-order valence-electron chi connectivity index (χ2n) is 4.11. The normalized spacial score (nSPS) is 11.9. The number of anilines is 2. The molecule has 19 heavy (non-hydrogen) atoms. The SMILES string of the molecule is CC(C(=O)Nc1cnc(Br)cn1)c1cccc(N)c1. The largest absolute Gasteiger partial charge is 0.399 e. The Balaban J connectivity index is 2.09. The Kier molecular flexibility index (Phi) is 4.11. The summed E-state index contributed by atoms with van der Waals surface area (Å²) in [5, 5.41) is 2.71. The monoisotopic (exact) mass is 320 g/mol. The average molecular weight is 321 g/mol. The zero-order valence-electron chi connectivity index (χ0n) is 10.3. The summed E-state index contributed by atoms with van der Waals surface area (Å²) in [6, 6.07) is 7.27. The second-order valence-corrected chi connectivity index (χ2v) is 4.92. The first-order chi connectivity index (χ1) is 9.06. The van der Waals surface area contributed by atoms with Crippen LogP contribution in [0.25, 0.3) is 0 Å². The van der Waals surface area contributed by atoms with Crippen LogP contribution in [0.15, 0.2) is 41.3 Å². The number of halogens is 1.